The van der Waals surface area contributed by atoms with E-state index < -0.39 is 0 Å². The fourth-order valence-corrected chi connectivity index (χ4v) is 6.41. The van der Waals surface area contributed by atoms with Gasteiger partial charge in [-0.15, -0.1) is 0 Å². The van der Waals surface area contributed by atoms with Gasteiger partial charge in [0.05, 0.1) is 6.10 Å². The van der Waals surface area contributed by atoms with E-state index in [1.165, 1.54) is 0 Å². The molecule has 0 aliphatic heterocycles. The SMILES string of the molecule is C[C@]12C=CC(=N)CC1CC(O)[C@@H]1[C@H]2CC[C@]2(C)C(=O)CC[C@@H]12. The van der Waals surface area contributed by atoms with Crippen molar-refractivity contribution >= 4 is 11.5 Å². The number of allylic oxidation sites excluding steroid dienone is 2. The molecule has 2 N–H and O–H groups in total. The molecular weight excluding hydrogens is 274 g/mol. The smallest absolute Gasteiger partial charge is 0.139 e. The molecule has 0 amide bonds. The highest BCUT2D eigenvalue weighted by molar-refractivity contribution is 5.93. The molecule has 0 aromatic carbocycles. The lowest BCUT2D eigenvalue weighted by molar-refractivity contribution is -0.147. The van der Waals surface area contributed by atoms with E-state index >= 15 is 0 Å². The molecule has 3 fully saturated rings. The first-order chi connectivity index (χ1) is 10.4. The second kappa shape index (κ2) is 4.53. The Balaban J connectivity index is 1.74. The first-order valence-corrected chi connectivity index (χ1v) is 8.84. The van der Waals surface area contributed by atoms with Crippen LogP contribution in [0.25, 0.3) is 0 Å². The molecule has 3 heteroatoms. The number of hydrogen-bond acceptors (Lipinski definition) is 3. The molecule has 0 saturated heterocycles. The van der Waals surface area contributed by atoms with Crippen molar-refractivity contribution in [3.63, 3.8) is 0 Å². The summed E-state index contributed by atoms with van der Waals surface area (Å²) >= 11 is 0. The predicted molar refractivity (Wildman–Crippen MR) is 85.8 cm³/mol. The summed E-state index contributed by atoms with van der Waals surface area (Å²) in [4.78, 5) is 12.4. The van der Waals surface area contributed by atoms with E-state index in [-0.39, 0.29) is 22.9 Å². The summed E-state index contributed by atoms with van der Waals surface area (Å²) in [5, 5.41) is 18.8. The van der Waals surface area contributed by atoms with Crippen LogP contribution in [0, 0.1) is 39.9 Å². The Morgan fingerprint density at radius 3 is 2.82 bits per heavy atom. The van der Waals surface area contributed by atoms with E-state index in [1.54, 1.807) is 0 Å². The van der Waals surface area contributed by atoms with Crippen molar-refractivity contribution in [3.8, 4) is 0 Å². The van der Waals surface area contributed by atoms with Gasteiger partial charge in [0.1, 0.15) is 5.78 Å². The van der Waals surface area contributed by atoms with Crippen molar-refractivity contribution in [2.75, 3.05) is 0 Å². The molecule has 0 radical (unpaired) electrons. The first-order valence-electron chi connectivity index (χ1n) is 8.84. The van der Waals surface area contributed by atoms with E-state index in [0.29, 0.717) is 35.7 Å². The second-order valence-electron chi connectivity index (χ2n) is 8.64. The lowest BCUT2D eigenvalue weighted by atomic mass is 9.46. The number of rotatable bonds is 0. The molecule has 3 saturated carbocycles. The number of carbonyl (C=O) groups is 1. The molecule has 4 rings (SSSR count). The maximum Gasteiger partial charge on any atom is 0.139 e. The Hall–Kier alpha value is -0.960. The van der Waals surface area contributed by atoms with Gasteiger partial charge in [0.15, 0.2) is 0 Å². The van der Waals surface area contributed by atoms with Gasteiger partial charge in [-0.3, -0.25) is 4.79 Å². The first kappa shape index (κ1) is 14.6. The molecule has 7 atom stereocenters. The summed E-state index contributed by atoms with van der Waals surface area (Å²) in [6.07, 6.45) is 9.25. The summed E-state index contributed by atoms with van der Waals surface area (Å²) in [5.41, 5.74) is 0.613. The maximum atomic E-state index is 12.4. The summed E-state index contributed by atoms with van der Waals surface area (Å²) < 4.78 is 0. The Bertz CT molecular complexity index is 568. The Labute approximate surface area is 132 Å². The van der Waals surface area contributed by atoms with Crippen LogP contribution < -0.4 is 0 Å². The monoisotopic (exact) mass is 301 g/mol. The molecule has 3 nitrogen and oxygen atoms in total. The van der Waals surface area contributed by atoms with Crippen LogP contribution in [0.5, 0.6) is 0 Å². The summed E-state index contributed by atoms with van der Waals surface area (Å²) in [5.74, 6) is 1.92. The highest BCUT2D eigenvalue weighted by atomic mass is 16.3. The number of nitrogens with one attached hydrogen (secondary N) is 1. The van der Waals surface area contributed by atoms with Crippen LogP contribution in [0.2, 0.25) is 0 Å². The van der Waals surface area contributed by atoms with Crippen LogP contribution in [-0.4, -0.2) is 22.7 Å². The fraction of sp³-hybridized carbons (Fsp3) is 0.789. The molecule has 120 valence electrons. The molecular formula is C19H27NO2. The van der Waals surface area contributed by atoms with Crippen molar-refractivity contribution in [1.29, 1.82) is 5.41 Å². The van der Waals surface area contributed by atoms with Gasteiger partial charge >= 0.3 is 0 Å². The number of aliphatic hydroxyl groups excluding tert-OH is 1. The van der Waals surface area contributed by atoms with Gasteiger partial charge in [-0.2, -0.15) is 0 Å². The van der Waals surface area contributed by atoms with Gasteiger partial charge in [0.2, 0.25) is 0 Å². The molecule has 2 unspecified atom stereocenters. The third-order valence-corrected chi connectivity index (χ3v) is 7.80. The van der Waals surface area contributed by atoms with E-state index in [9.17, 15) is 9.90 Å². The van der Waals surface area contributed by atoms with Crippen LogP contribution in [0.4, 0.5) is 0 Å². The minimum Gasteiger partial charge on any atom is -0.393 e. The number of ketones is 1. The Kier molecular flexibility index (Phi) is 3.01. The largest absolute Gasteiger partial charge is 0.393 e. The summed E-state index contributed by atoms with van der Waals surface area (Å²) in [6, 6.07) is 0. The zero-order valence-electron chi connectivity index (χ0n) is 13.6. The van der Waals surface area contributed by atoms with E-state index in [1.807, 2.05) is 6.08 Å². The topological polar surface area (TPSA) is 61.1 Å². The highest BCUT2D eigenvalue weighted by Gasteiger charge is 2.61. The van der Waals surface area contributed by atoms with E-state index in [0.717, 1.165) is 32.1 Å². The van der Waals surface area contributed by atoms with Crippen molar-refractivity contribution in [2.45, 2.75) is 58.5 Å². The standard InChI is InChI=1S/C19H27NO2/c1-18-7-5-12(20)9-11(18)10-15(21)17-13-3-4-16(22)19(13,2)8-6-14(17)18/h5,7,11,13-15,17,20-21H,3-4,6,8-10H2,1-2H3/t11?,13-,14+,15?,17-,18-,19-/m0/s1. The molecule has 4 aliphatic rings. The van der Waals surface area contributed by atoms with Crippen molar-refractivity contribution in [1.82, 2.24) is 0 Å². The van der Waals surface area contributed by atoms with Crippen molar-refractivity contribution < 1.29 is 9.90 Å². The lowest BCUT2D eigenvalue weighted by Crippen LogP contribution is -2.57. The van der Waals surface area contributed by atoms with E-state index in [4.69, 9.17) is 5.41 Å². The number of fused-ring (bicyclic) bond motifs is 5. The van der Waals surface area contributed by atoms with Crippen molar-refractivity contribution in [2.24, 2.45) is 34.5 Å². The van der Waals surface area contributed by atoms with E-state index in [2.05, 4.69) is 19.9 Å². The van der Waals surface area contributed by atoms with Gasteiger partial charge < -0.3 is 10.5 Å². The number of Topliss-reactive ketones (excluding diaryl/α,β-unsaturated/α-hetero) is 1. The third kappa shape index (κ3) is 1.72. The van der Waals surface area contributed by atoms with Gasteiger partial charge in [0, 0.05) is 17.5 Å². The maximum absolute atomic E-state index is 12.4. The van der Waals surface area contributed by atoms with Crippen LogP contribution in [0.15, 0.2) is 12.2 Å². The summed E-state index contributed by atoms with van der Waals surface area (Å²) in [7, 11) is 0. The molecule has 4 aliphatic carbocycles. The average Bonchev–Trinajstić information content (AvgIpc) is 2.77. The Morgan fingerprint density at radius 1 is 1.27 bits per heavy atom. The quantitative estimate of drug-likeness (QED) is 0.720. The Morgan fingerprint density at radius 2 is 2.05 bits per heavy atom. The molecule has 0 spiro atoms. The van der Waals surface area contributed by atoms with Crippen LogP contribution >= 0.6 is 0 Å². The molecule has 0 heterocycles. The zero-order chi connectivity index (χ0) is 15.7. The second-order valence-corrected chi connectivity index (χ2v) is 8.64. The predicted octanol–water partition coefficient (Wildman–Crippen LogP) is 3.36. The van der Waals surface area contributed by atoms with Crippen LogP contribution in [0.3, 0.4) is 0 Å². The van der Waals surface area contributed by atoms with Gasteiger partial charge in [-0.1, -0.05) is 19.9 Å². The molecule has 22 heavy (non-hydrogen) atoms. The fourth-order valence-electron chi connectivity index (χ4n) is 6.41. The van der Waals surface area contributed by atoms with Crippen LogP contribution in [0.1, 0.15) is 52.4 Å². The molecule has 0 aromatic heterocycles. The molecule has 0 bridgehead atoms. The number of hydrogen-bond donors (Lipinski definition) is 2. The minimum atomic E-state index is -0.294. The third-order valence-electron chi connectivity index (χ3n) is 7.80. The zero-order valence-corrected chi connectivity index (χ0v) is 13.6. The van der Waals surface area contributed by atoms with Gasteiger partial charge in [-0.25, -0.2) is 0 Å². The van der Waals surface area contributed by atoms with Gasteiger partial charge in [0.25, 0.3) is 0 Å². The highest BCUT2D eigenvalue weighted by Crippen LogP contribution is 2.64. The van der Waals surface area contributed by atoms with Gasteiger partial charge in [-0.05, 0) is 67.3 Å². The number of aliphatic hydroxyl groups is 1. The van der Waals surface area contributed by atoms with Crippen molar-refractivity contribution in [3.05, 3.63) is 12.2 Å². The lowest BCUT2D eigenvalue weighted by Gasteiger charge is -2.59. The normalized spacial score (nSPS) is 53.9. The minimum absolute atomic E-state index is 0.0986. The average molecular weight is 301 g/mol. The molecule has 0 aromatic rings. The number of carbonyl (C=O) groups excluding carboxylic acids is 1. The van der Waals surface area contributed by atoms with Crippen LogP contribution in [-0.2, 0) is 4.79 Å². The summed E-state index contributed by atoms with van der Waals surface area (Å²) in [6.45, 7) is 4.49.